The zero-order valence-corrected chi connectivity index (χ0v) is 10.6. The first-order valence-corrected chi connectivity index (χ1v) is 6.05. The molecule has 1 fully saturated rings. The first-order valence-electron chi connectivity index (χ1n) is 6.05. The van der Waals surface area contributed by atoms with Gasteiger partial charge >= 0.3 is 0 Å². The Labute approximate surface area is 98.6 Å². The van der Waals surface area contributed by atoms with E-state index in [9.17, 15) is 5.26 Å². The lowest BCUT2D eigenvalue weighted by Gasteiger charge is -2.31. The van der Waals surface area contributed by atoms with Gasteiger partial charge in [-0.2, -0.15) is 5.26 Å². The van der Waals surface area contributed by atoms with E-state index in [1.165, 1.54) is 12.8 Å². The van der Waals surface area contributed by atoms with Gasteiger partial charge in [0, 0.05) is 19.7 Å². The number of nitrogens with zero attached hydrogens (tertiary/aromatic N) is 2. The maximum atomic E-state index is 9.34. The van der Waals surface area contributed by atoms with Crippen molar-refractivity contribution in [3.63, 3.8) is 0 Å². The van der Waals surface area contributed by atoms with Crippen LogP contribution in [0.5, 0.6) is 0 Å². The van der Waals surface area contributed by atoms with Gasteiger partial charge in [-0.25, -0.2) is 0 Å². The van der Waals surface area contributed by atoms with Gasteiger partial charge in [0.2, 0.25) is 0 Å². The molecule has 0 aromatic carbocycles. The molecule has 0 amide bonds. The Morgan fingerprint density at radius 2 is 2.25 bits per heavy atom. The Hall–Kier alpha value is -0.630. The lowest BCUT2D eigenvalue weighted by molar-refractivity contribution is 0.113. The first-order chi connectivity index (χ1) is 7.68. The molecule has 1 rings (SSSR count). The van der Waals surface area contributed by atoms with Crippen LogP contribution in [0, 0.1) is 17.2 Å². The summed E-state index contributed by atoms with van der Waals surface area (Å²) < 4.78 is 5.32. The number of hydrogen-bond donors (Lipinski definition) is 1. The van der Waals surface area contributed by atoms with Gasteiger partial charge in [-0.05, 0) is 39.8 Å². The van der Waals surface area contributed by atoms with Crippen molar-refractivity contribution in [3.8, 4) is 6.07 Å². The van der Waals surface area contributed by atoms with Gasteiger partial charge < -0.3 is 15.0 Å². The summed E-state index contributed by atoms with van der Waals surface area (Å²) in [4.78, 5) is 2.17. The number of nitrogens with one attached hydrogen (secondary N) is 1. The van der Waals surface area contributed by atoms with E-state index in [1.54, 1.807) is 0 Å². The van der Waals surface area contributed by atoms with E-state index in [0.717, 1.165) is 26.3 Å². The molecule has 0 aliphatic heterocycles. The molecule has 1 saturated carbocycles. The second-order valence-electron chi connectivity index (χ2n) is 4.54. The fourth-order valence-corrected chi connectivity index (χ4v) is 2.04. The van der Waals surface area contributed by atoms with Crippen molar-refractivity contribution in [3.05, 3.63) is 0 Å². The van der Waals surface area contributed by atoms with Gasteiger partial charge in [0.1, 0.15) is 5.54 Å². The topological polar surface area (TPSA) is 48.3 Å². The number of rotatable bonds is 8. The summed E-state index contributed by atoms with van der Waals surface area (Å²) in [6.45, 7) is 5.15. The fourth-order valence-electron chi connectivity index (χ4n) is 2.04. The zero-order valence-electron chi connectivity index (χ0n) is 10.6. The smallest absolute Gasteiger partial charge is 0.122 e. The van der Waals surface area contributed by atoms with E-state index < -0.39 is 0 Å². The molecule has 0 bridgehead atoms. The van der Waals surface area contributed by atoms with Gasteiger partial charge in [-0.3, -0.25) is 0 Å². The molecule has 0 aromatic heterocycles. The van der Waals surface area contributed by atoms with Crippen LogP contribution in [0.15, 0.2) is 0 Å². The summed E-state index contributed by atoms with van der Waals surface area (Å²) in [5, 5.41) is 12.5. The Morgan fingerprint density at radius 1 is 1.56 bits per heavy atom. The predicted octanol–water partition coefficient (Wildman–Crippen LogP) is 0.846. The molecule has 0 saturated heterocycles. The van der Waals surface area contributed by atoms with Crippen LogP contribution < -0.4 is 5.32 Å². The lowest BCUT2D eigenvalue weighted by Crippen LogP contribution is -2.52. The van der Waals surface area contributed by atoms with E-state index in [0.29, 0.717) is 5.92 Å². The van der Waals surface area contributed by atoms with Gasteiger partial charge in [-0.1, -0.05) is 0 Å². The molecular formula is C12H23N3O. The second-order valence-corrected chi connectivity index (χ2v) is 4.54. The van der Waals surface area contributed by atoms with Crippen LogP contribution in [0.4, 0.5) is 0 Å². The molecule has 1 unspecified atom stereocenters. The molecule has 1 aliphatic carbocycles. The van der Waals surface area contributed by atoms with Crippen molar-refractivity contribution in [2.75, 3.05) is 40.4 Å². The Balaban J connectivity index is 2.39. The quantitative estimate of drug-likeness (QED) is 0.622. The van der Waals surface area contributed by atoms with E-state index in [2.05, 4.69) is 16.3 Å². The highest BCUT2D eigenvalue weighted by Crippen LogP contribution is 2.39. The van der Waals surface area contributed by atoms with Crippen molar-refractivity contribution in [1.29, 1.82) is 5.26 Å². The molecule has 1 N–H and O–H groups in total. The number of ether oxygens (including phenoxy) is 1. The third-order valence-electron chi connectivity index (χ3n) is 3.26. The van der Waals surface area contributed by atoms with Crippen LogP contribution >= 0.6 is 0 Å². The molecule has 4 nitrogen and oxygen atoms in total. The molecule has 1 aliphatic rings. The molecule has 0 radical (unpaired) electrons. The largest absolute Gasteiger partial charge is 0.380 e. The summed E-state index contributed by atoms with van der Waals surface area (Å²) in [7, 11) is 3.93. The van der Waals surface area contributed by atoms with E-state index in [4.69, 9.17) is 4.74 Å². The Bertz CT molecular complexity index is 247. The third kappa shape index (κ3) is 3.44. The minimum absolute atomic E-state index is 0.360. The summed E-state index contributed by atoms with van der Waals surface area (Å²) in [5.41, 5.74) is -0.360. The van der Waals surface area contributed by atoms with Crippen LogP contribution in [-0.4, -0.2) is 50.8 Å². The highest BCUT2D eigenvalue weighted by atomic mass is 16.5. The number of hydrogen-bond acceptors (Lipinski definition) is 4. The molecule has 0 aromatic rings. The molecule has 16 heavy (non-hydrogen) atoms. The van der Waals surface area contributed by atoms with Crippen molar-refractivity contribution < 1.29 is 4.74 Å². The van der Waals surface area contributed by atoms with E-state index in [-0.39, 0.29) is 5.54 Å². The second kappa shape index (κ2) is 6.19. The zero-order chi connectivity index (χ0) is 12.0. The normalized spacial score (nSPS) is 19.4. The SMILES string of the molecule is CCOCCN(C)CC(C#N)(NC)C1CC1. The summed E-state index contributed by atoms with van der Waals surface area (Å²) >= 11 is 0. The minimum atomic E-state index is -0.360. The van der Waals surface area contributed by atoms with E-state index >= 15 is 0 Å². The van der Waals surface area contributed by atoms with Crippen molar-refractivity contribution >= 4 is 0 Å². The molecule has 0 spiro atoms. The lowest BCUT2D eigenvalue weighted by atomic mass is 9.94. The molecule has 0 heterocycles. The summed E-state index contributed by atoms with van der Waals surface area (Å²) in [6.07, 6.45) is 2.35. The molecule has 92 valence electrons. The predicted molar refractivity (Wildman–Crippen MR) is 64.1 cm³/mol. The van der Waals surface area contributed by atoms with Gasteiger partial charge in [-0.15, -0.1) is 0 Å². The maximum absolute atomic E-state index is 9.34. The van der Waals surface area contributed by atoms with Gasteiger partial charge in [0.15, 0.2) is 0 Å². The van der Waals surface area contributed by atoms with Crippen LogP contribution in [-0.2, 0) is 4.74 Å². The average molecular weight is 225 g/mol. The van der Waals surface area contributed by atoms with Crippen molar-refractivity contribution in [2.24, 2.45) is 5.92 Å². The van der Waals surface area contributed by atoms with Crippen LogP contribution in [0.1, 0.15) is 19.8 Å². The average Bonchev–Trinajstić information content (AvgIpc) is 3.11. The third-order valence-corrected chi connectivity index (χ3v) is 3.26. The first kappa shape index (κ1) is 13.4. The Kier molecular flexibility index (Phi) is 5.20. The highest BCUT2D eigenvalue weighted by Gasteiger charge is 2.45. The maximum Gasteiger partial charge on any atom is 0.122 e. The standard InChI is InChI=1S/C12H23N3O/c1-4-16-8-7-15(3)10-12(9-13,14-2)11-5-6-11/h11,14H,4-8,10H2,1-3H3. The molecule has 4 heteroatoms. The van der Waals surface area contributed by atoms with Crippen LogP contribution in [0.3, 0.4) is 0 Å². The number of likely N-dealkylation sites (N-methyl/N-ethyl adjacent to an activating group) is 2. The number of nitriles is 1. The van der Waals surface area contributed by atoms with Crippen molar-refractivity contribution in [1.82, 2.24) is 10.2 Å². The monoisotopic (exact) mass is 225 g/mol. The van der Waals surface area contributed by atoms with Gasteiger partial charge in [0.25, 0.3) is 0 Å². The van der Waals surface area contributed by atoms with E-state index in [1.807, 2.05) is 21.0 Å². The minimum Gasteiger partial charge on any atom is -0.380 e. The molecule has 1 atom stereocenters. The molecular weight excluding hydrogens is 202 g/mol. The fraction of sp³-hybridized carbons (Fsp3) is 0.917. The van der Waals surface area contributed by atoms with Crippen LogP contribution in [0.2, 0.25) is 0 Å². The summed E-state index contributed by atoms with van der Waals surface area (Å²) in [5.74, 6) is 0.525. The van der Waals surface area contributed by atoms with Crippen molar-refractivity contribution in [2.45, 2.75) is 25.3 Å². The van der Waals surface area contributed by atoms with Gasteiger partial charge in [0.05, 0.1) is 12.7 Å². The highest BCUT2D eigenvalue weighted by molar-refractivity contribution is 5.16. The van der Waals surface area contributed by atoms with Crippen LogP contribution in [0.25, 0.3) is 0 Å². The summed E-state index contributed by atoms with van der Waals surface area (Å²) in [6, 6.07) is 2.45. The Morgan fingerprint density at radius 3 is 2.69 bits per heavy atom.